The molecule has 0 saturated heterocycles. The Hall–Kier alpha value is -1.51. The Bertz CT molecular complexity index is 330. The highest BCUT2D eigenvalue weighted by atomic mass is 16.5. The van der Waals surface area contributed by atoms with Crippen LogP contribution in [-0.2, 0) is 16.0 Å². The Balaban J connectivity index is 2.37. The van der Waals surface area contributed by atoms with Crippen LogP contribution in [0.2, 0.25) is 0 Å². The maximum atomic E-state index is 11.2. The van der Waals surface area contributed by atoms with Crippen molar-refractivity contribution in [3.8, 4) is 5.75 Å². The van der Waals surface area contributed by atoms with Crippen LogP contribution in [0.15, 0.2) is 24.3 Å². The van der Waals surface area contributed by atoms with Gasteiger partial charge >= 0.3 is 5.97 Å². The Kier molecular flexibility index (Phi) is 6.15. The zero-order valence-corrected chi connectivity index (χ0v) is 10.6. The summed E-state index contributed by atoms with van der Waals surface area (Å²) in [5.41, 5.74) is 1.13. The molecule has 0 atom stereocenters. The summed E-state index contributed by atoms with van der Waals surface area (Å²) in [4.78, 5) is 11.2. The average Bonchev–Trinajstić information content (AvgIpc) is 2.35. The van der Waals surface area contributed by atoms with Crippen molar-refractivity contribution in [1.29, 1.82) is 0 Å². The van der Waals surface area contributed by atoms with Crippen LogP contribution in [-0.4, -0.2) is 19.2 Å². The highest BCUT2D eigenvalue weighted by Crippen LogP contribution is 2.13. The third kappa shape index (κ3) is 5.38. The van der Waals surface area contributed by atoms with E-state index in [0.29, 0.717) is 19.4 Å². The summed E-state index contributed by atoms with van der Waals surface area (Å²) in [7, 11) is 0. The molecule has 0 spiro atoms. The van der Waals surface area contributed by atoms with Crippen molar-refractivity contribution in [2.75, 3.05) is 13.2 Å². The molecule has 1 aromatic rings. The zero-order chi connectivity index (χ0) is 12.5. The van der Waals surface area contributed by atoms with E-state index in [1.807, 2.05) is 31.2 Å². The SMILES string of the molecule is CCCOc1ccc(CCC(=O)OCC)cc1. The van der Waals surface area contributed by atoms with Crippen molar-refractivity contribution >= 4 is 5.97 Å². The molecule has 1 rings (SSSR count). The van der Waals surface area contributed by atoms with Gasteiger partial charge in [-0.3, -0.25) is 4.79 Å². The van der Waals surface area contributed by atoms with Crippen molar-refractivity contribution in [2.24, 2.45) is 0 Å². The summed E-state index contributed by atoms with van der Waals surface area (Å²) in [6, 6.07) is 7.86. The predicted molar refractivity (Wildman–Crippen MR) is 67.2 cm³/mol. The lowest BCUT2D eigenvalue weighted by Crippen LogP contribution is -2.05. The maximum Gasteiger partial charge on any atom is 0.306 e. The first-order valence-corrected chi connectivity index (χ1v) is 6.13. The largest absolute Gasteiger partial charge is 0.494 e. The lowest BCUT2D eigenvalue weighted by molar-refractivity contribution is -0.143. The van der Waals surface area contributed by atoms with Gasteiger partial charge in [0.15, 0.2) is 0 Å². The highest BCUT2D eigenvalue weighted by molar-refractivity contribution is 5.69. The van der Waals surface area contributed by atoms with Crippen LogP contribution in [0.4, 0.5) is 0 Å². The molecular formula is C14H20O3. The van der Waals surface area contributed by atoms with E-state index in [1.54, 1.807) is 0 Å². The molecule has 0 fully saturated rings. The van der Waals surface area contributed by atoms with E-state index < -0.39 is 0 Å². The van der Waals surface area contributed by atoms with Gasteiger partial charge in [-0.05, 0) is 37.5 Å². The van der Waals surface area contributed by atoms with Crippen LogP contribution in [0.3, 0.4) is 0 Å². The number of aryl methyl sites for hydroxylation is 1. The quantitative estimate of drug-likeness (QED) is 0.683. The second kappa shape index (κ2) is 7.71. The third-order valence-electron chi connectivity index (χ3n) is 2.32. The number of ether oxygens (including phenoxy) is 2. The molecule has 3 nitrogen and oxygen atoms in total. The fourth-order valence-electron chi connectivity index (χ4n) is 1.45. The molecular weight excluding hydrogens is 216 g/mol. The van der Waals surface area contributed by atoms with Gasteiger partial charge in [-0.25, -0.2) is 0 Å². The zero-order valence-electron chi connectivity index (χ0n) is 10.6. The minimum absolute atomic E-state index is 0.140. The second-order valence-electron chi connectivity index (χ2n) is 3.80. The van der Waals surface area contributed by atoms with Gasteiger partial charge in [0.1, 0.15) is 5.75 Å². The highest BCUT2D eigenvalue weighted by Gasteiger charge is 2.02. The van der Waals surface area contributed by atoms with Gasteiger partial charge in [0.05, 0.1) is 13.2 Å². The molecule has 0 aliphatic rings. The molecule has 3 heteroatoms. The Morgan fingerprint density at radius 1 is 1.18 bits per heavy atom. The number of esters is 1. The third-order valence-corrected chi connectivity index (χ3v) is 2.32. The topological polar surface area (TPSA) is 35.5 Å². The predicted octanol–water partition coefficient (Wildman–Crippen LogP) is 2.97. The van der Waals surface area contributed by atoms with E-state index in [4.69, 9.17) is 9.47 Å². The fraction of sp³-hybridized carbons (Fsp3) is 0.500. The molecule has 0 aromatic heterocycles. The first-order chi connectivity index (χ1) is 8.26. The Labute approximate surface area is 103 Å². The van der Waals surface area contributed by atoms with Crippen molar-refractivity contribution < 1.29 is 14.3 Å². The number of benzene rings is 1. The van der Waals surface area contributed by atoms with E-state index in [1.165, 1.54) is 0 Å². The van der Waals surface area contributed by atoms with Gasteiger partial charge in [0.25, 0.3) is 0 Å². The molecule has 94 valence electrons. The summed E-state index contributed by atoms with van der Waals surface area (Å²) >= 11 is 0. The van der Waals surface area contributed by atoms with Crippen molar-refractivity contribution in [1.82, 2.24) is 0 Å². The van der Waals surface area contributed by atoms with Gasteiger partial charge in [-0.2, -0.15) is 0 Å². The van der Waals surface area contributed by atoms with Gasteiger partial charge in [-0.1, -0.05) is 19.1 Å². The summed E-state index contributed by atoms with van der Waals surface area (Å²) in [6.07, 6.45) is 2.15. The number of rotatable bonds is 7. The average molecular weight is 236 g/mol. The summed E-state index contributed by atoms with van der Waals surface area (Å²) in [6.45, 7) is 5.08. The molecule has 17 heavy (non-hydrogen) atoms. The van der Waals surface area contributed by atoms with E-state index in [0.717, 1.165) is 24.3 Å². The van der Waals surface area contributed by atoms with Gasteiger partial charge < -0.3 is 9.47 Å². The second-order valence-corrected chi connectivity index (χ2v) is 3.80. The minimum atomic E-state index is -0.140. The standard InChI is InChI=1S/C14H20O3/c1-3-11-17-13-8-5-12(6-9-13)7-10-14(15)16-4-2/h5-6,8-9H,3-4,7,10-11H2,1-2H3. The Morgan fingerprint density at radius 3 is 2.47 bits per heavy atom. The van der Waals surface area contributed by atoms with E-state index >= 15 is 0 Å². The number of carbonyl (C=O) groups excluding carboxylic acids is 1. The van der Waals surface area contributed by atoms with Gasteiger partial charge in [-0.15, -0.1) is 0 Å². The number of carbonyl (C=O) groups is 1. The van der Waals surface area contributed by atoms with Crippen LogP contribution >= 0.6 is 0 Å². The molecule has 0 saturated carbocycles. The lowest BCUT2D eigenvalue weighted by atomic mass is 10.1. The van der Waals surface area contributed by atoms with E-state index in [-0.39, 0.29) is 5.97 Å². The van der Waals surface area contributed by atoms with Crippen LogP contribution in [0.25, 0.3) is 0 Å². The Morgan fingerprint density at radius 2 is 1.88 bits per heavy atom. The normalized spacial score (nSPS) is 10.0. The van der Waals surface area contributed by atoms with Crippen molar-refractivity contribution in [3.05, 3.63) is 29.8 Å². The fourth-order valence-corrected chi connectivity index (χ4v) is 1.45. The molecule has 0 bridgehead atoms. The van der Waals surface area contributed by atoms with Gasteiger partial charge in [0.2, 0.25) is 0 Å². The van der Waals surface area contributed by atoms with E-state index in [2.05, 4.69) is 6.92 Å². The monoisotopic (exact) mass is 236 g/mol. The molecule has 0 amide bonds. The summed E-state index contributed by atoms with van der Waals surface area (Å²) in [5, 5.41) is 0. The van der Waals surface area contributed by atoms with Crippen LogP contribution in [0, 0.1) is 0 Å². The molecule has 1 aromatic carbocycles. The van der Waals surface area contributed by atoms with Gasteiger partial charge in [0, 0.05) is 6.42 Å². The molecule has 0 aliphatic carbocycles. The lowest BCUT2D eigenvalue weighted by Gasteiger charge is -2.06. The van der Waals surface area contributed by atoms with Crippen molar-refractivity contribution in [3.63, 3.8) is 0 Å². The van der Waals surface area contributed by atoms with Crippen LogP contribution in [0.1, 0.15) is 32.3 Å². The minimum Gasteiger partial charge on any atom is -0.494 e. The first-order valence-electron chi connectivity index (χ1n) is 6.13. The molecule has 0 aliphatic heterocycles. The van der Waals surface area contributed by atoms with Crippen molar-refractivity contribution in [2.45, 2.75) is 33.1 Å². The first kappa shape index (κ1) is 13.6. The van der Waals surface area contributed by atoms with Crippen LogP contribution in [0.5, 0.6) is 5.75 Å². The number of hydrogen-bond acceptors (Lipinski definition) is 3. The summed E-state index contributed by atoms with van der Waals surface area (Å²) in [5.74, 6) is 0.741. The molecule has 0 heterocycles. The van der Waals surface area contributed by atoms with E-state index in [9.17, 15) is 4.79 Å². The molecule has 0 radical (unpaired) electrons. The number of hydrogen-bond donors (Lipinski definition) is 0. The molecule has 0 N–H and O–H groups in total. The molecule has 0 unspecified atom stereocenters. The van der Waals surface area contributed by atoms with Crippen LogP contribution < -0.4 is 4.74 Å². The summed E-state index contributed by atoms with van der Waals surface area (Å²) < 4.78 is 10.4. The smallest absolute Gasteiger partial charge is 0.306 e. The maximum absolute atomic E-state index is 11.2.